The zero-order valence-corrected chi connectivity index (χ0v) is 11.2. The summed E-state index contributed by atoms with van der Waals surface area (Å²) in [5.74, 6) is -1.44. The molecule has 1 fully saturated rings. The molecule has 5 heteroatoms. The summed E-state index contributed by atoms with van der Waals surface area (Å²) < 4.78 is 43.3. The fourth-order valence-electron chi connectivity index (χ4n) is 2.72. The third-order valence-electron chi connectivity index (χ3n) is 3.88. The molecule has 2 nitrogen and oxygen atoms in total. The van der Waals surface area contributed by atoms with Crippen LogP contribution < -0.4 is 4.74 Å². The Labute approximate surface area is 115 Å². The van der Waals surface area contributed by atoms with Crippen LogP contribution in [0.2, 0.25) is 0 Å². The van der Waals surface area contributed by atoms with Gasteiger partial charge in [0.1, 0.15) is 5.75 Å². The molecular weight excluding hydrogens is 269 g/mol. The lowest BCUT2D eigenvalue weighted by molar-refractivity contribution is -0.184. The lowest BCUT2D eigenvalue weighted by Gasteiger charge is -2.29. The van der Waals surface area contributed by atoms with Crippen molar-refractivity contribution in [2.24, 2.45) is 11.8 Å². The van der Waals surface area contributed by atoms with Crippen LogP contribution in [0.4, 0.5) is 13.2 Å². The Morgan fingerprint density at radius 2 is 1.85 bits per heavy atom. The summed E-state index contributed by atoms with van der Waals surface area (Å²) in [5, 5.41) is 0. The molecule has 20 heavy (non-hydrogen) atoms. The van der Waals surface area contributed by atoms with Crippen molar-refractivity contribution in [1.82, 2.24) is 0 Å². The molecule has 0 amide bonds. The molecule has 1 saturated carbocycles. The van der Waals surface area contributed by atoms with Crippen molar-refractivity contribution < 1.29 is 22.7 Å². The van der Waals surface area contributed by atoms with Crippen molar-refractivity contribution in [3.63, 3.8) is 0 Å². The van der Waals surface area contributed by atoms with Crippen LogP contribution in [0.5, 0.6) is 5.75 Å². The Kier molecular flexibility index (Phi) is 4.35. The van der Waals surface area contributed by atoms with Crippen molar-refractivity contribution in [2.45, 2.75) is 31.9 Å². The second kappa shape index (κ2) is 5.85. The Bertz CT molecular complexity index is 465. The number of benzene rings is 1. The number of methoxy groups -OCH3 is 1. The molecule has 0 radical (unpaired) electrons. The van der Waals surface area contributed by atoms with E-state index in [0.717, 1.165) is 0 Å². The van der Waals surface area contributed by atoms with Gasteiger partial charge in [0.25, 0.3) is 0 Å². The van der Waals surface area contributed by atoms with Crippen molar-refractivity contribution in [3.05, 3.63) is 29.8 Å². The van der Waals surface area contributed by atoms with E-state index < -0.39 is 18.0 Å². The predicted molar refractivity (Wildman–Crippen MR) is 68.8 cm³/mol. The largest absolute Gasteiger partial charge is 0.497 e. The summed E-state index contributed by atoms with van der Waals surface area (Å²) in [6, 6.07) is 6.52. The number of halogens is 3. The van der Waals surface area contributed by atoms with E-state index in [1.54, 1.807) is 24.3 Å². The predicted octanol–water partition coefficient (Wildman–Crippen LogP) is 4.25. The van der Waals surface area contributed by atoms with Crippen LogP contribution in [-0.4, -0.2) is 19.1 Å². The highest BCUT2D eigenvalue weighted by atomic mass is 19.4. The molecule has 1 aliphatic rings. The molecule has 1 aromatic carbocycles. The van der Waals surface area contributed by atoms with Gasteiger partial charge in [0.15, 0.2) is 5.78 Å². The zero-order valence-electron chi connectivity index (χ0n) is 11.2. The maximum atomic E-state index is 12.8. The summed E-state index contributed by atoms with van der Waals surface area (Å²) in [5.41, 5.74) is 0.457. The molecule has 2 unspecified atom stereocenters. The minimum atomic E-state index is -4.20. The van der Waals surface area contributed by atoms with Crippen LogP contribution in [0.3, 0.4) is 0 Å². The smallest absolute Gasteiger partial charge is 0.391 e. The van der Waals surface area contributed by atoms with E-state index in [0.29, 0.717) is 24.2 Å². The van der Waals surface area contributed by atoms with E-state index in [2.05, 4.69) is 0 Å². The lowest BCUT2D eigenvalue weighted by Crippen LogP contribution is -2.31. The average Bonchev–Trinajstić information content (AvgIpc) is 2.46. The minimum absolute atomic E-state index is 0.0889. The summed E-state index contributed by atoms with van der Waals surface area (Å²) in [6.45, 7) is 0. The second-order valence-corrected chi connectivity index (χ2v) is 5.19. The van der Waals surface area contributed by atoms with Crippen molar-refractivity contribution in [2.75, 3.05) is 7.11 Å². The van der Waals surface area contributed by atoms with Crippen LogP contribution in [0.1, 0.15) is 36.0 Å². The Balaban J connectivity index is 2.08. The number of rotatable bonds is 3. The highest BCUT2D eigenvalue weighted by Crippen LogP contribution is 2.40. The van der Waals surface area contributed by atoms with E-state index >= 15 is 0 Å². The molecule has 1 aromatic rings. The first-order valence-corrected chi connectivity index (χ1v) is 6.67. The number of ketones is 1. The molecule has 0 aromatic heterocycles. The van der Waals surface area contributed by atoms with Gasteiger partial charge in [-0.25, -0.2) is 0 Å². The topological polar surface area (TPSA) is 26.3 Å². The monoisotopic (exact) mass is 286 g/mol. The summed E-state index contributed by atoms with van der Waals surface area (Å²) in [7, 11) is 1.52. The molecule has 2 rings (SSSR count). The first-order valence-electron chi connectivity index (χ1n) is 6.67. The first kappa shape index (κ1) is 14.9. The molecule has 0 spiro atoms. The Hall–Kier alpha value is -1.52. The van der Waals surface area contributed by atoms with Gasteiger partial charge in [-0.3, -0.25) is 4.79 Å². The summed E-state index contributed by atoms with van der Waals surface area (Å²) in [6.07, 6.45) is -3.16. The molecule has 0 N–H and O–H groups in total. The molecule has 0 saturated heterocycles. The van der Waals surface area contributed by atoms with Gasteiger partial charge < -0.3 is 4.74 Å². The quantitative estimate of drug-likeness (QED) is 0.777. The van der Waals surface area contributed by atoms with Crippen molar-refractivity contribution in [3.8, 4) is 5.75 Å². The molecular formula is C15H17F3O2. The van der Waals surface area contributed by atoms with Gasteiger partial charge >= 0.3 is 6.18 Å². The molecule has 0 heterocycles. The standard InChI is InChI=1S/C15H17F3O2/c1-20-13-7-5-10(6-8-13)14(19)11-3-2-4-12(9-11)15(16,17)18/h5-8,11-12H,2-4,9H2,1H3. The fourth-order valence-corrected chi connectivity index (χ4v) is 2.72. The number of ether oxygens (including phenoxy) is 1. The number of hydrogen-bond donors (Lipinski definition) is 0. The van der Waals surface area contributed by atoms with Gasteiger partial charge in [0.2, 0.25) is 0 Å². The van der Waals surface area contributed by atoms with Crippen LogP contribution in [0.15, 0.2) is 24.3 Å². The molecule has 0 aliphatic heterocycles. The van der Waals surface area contributed by atoms with Crippen LogP contribution >= 0.6 is 0 Å². The third kappa shape index (κ3) is 3.32. The van der Waals surface area contributed by atoms with Crippen LogP contribution in [0, 0.1) is 11.8 Å². The Morgan fingerprint density at radius 1 is 1.20 bits per heavy atom. The molecule has 110 valence electrons. The summed E-state index contributed by atoms with van der Waals surface area (Å²) >= 11 is 0. The number of alkyl halides is 3. The zero-order chi connectivity index (χ0) is 14.8. The van der Waals surface area contributed by atoms with E-state index in [1.807, 2.05) is 0 Å². The van der Waals surface area contributed by atoms with E-state index in [9.17, 15) is 18.0 Å². The number of carbonyl (C=O) groups is 1. The first-order chi connectivity index (χ1) is 9.41. The molecule has 0 bridgehead atoms. The maximum absolute atomic E-state index is 12.8. The fraction of sp³-hybridized carbons (Fsp3) is 0.533. The normalized spacial score (nSPS) is 23.4. The maximum Gasteiger partial charge on any atom is 0.391 e. The average molecular weight is 286 g/mol. The number of hydrogen-bond acceptors (Lipinski definition) is 2. The highest BCUT2D eigenvalue weighted by molar-refractivity contribution is 5.98. The third-order valence-corrected chi connectivity index (χ3v) is 3.88. The van der Waals surface area contributed by atoms with Gasteiger partial charge in [-0.1, -0.05) is 6.42 Å². The molecule has 1 aliphatic carbocycles. The molecule has 2 atom stereocenters. The SMILES string of the molecule is COc1ccc(C(=O)C2CCCC(C(F)(F)F)C2)cc1. The highest BCUT2D eigenvalue weighted by Gasteiger charge is 2.43. The van der Waals surface area contributed by atoms with Gasteiger partial charge in [-0.2, -0.15) is 13.2 Å². The lowest BCUT2D eigenvalue weighted by atomic mass is 9.77. The van der Waals surface area contributed by atoms with Crippen molar-refractivity contribution >= 4 is 5.78 Å². The van der Waals surface area contributed by atoms with E-state index in [1.165, 1.54) is 7.11 Å². The van der Waals surface area contributed by atoms with Gasteiger partial charge in [0, 0.05) is 11.5 Å². The van der Waals surface area contributed by atoms with Crippen molar-refractivity contribution in [1.29, 1.82) is 0 Å². The minimum Gasteiger partial charge on any atom is -0.497 e. The number of carbonyl (C=O) groups excluding carboxylic acids is 1. The second-order valence-electron chi connectivity index (χ2n) is 5.19. The van der Waals surface area contributed by atoms with Gasteiger partial charge in [-0.05, 0) is 43.5 Å². The van der Waals surface area contributed by atoms with Gasteiger partial charge in [-0.15, -0.1) is 0 Å². The van der Waals surface area contributed by atoms with E-state index in [-0.39, 0.29) is 18.6 Å². The van der Waals surface area contributed by atoms with E-state index in [4.69, 9.17) is 4.74 Å². The Morgan fingerprint density at radius 3 is 2.40 bits per heavy atom. The number of Topliss-reactive ketones (excluding diaryl/α,β-unsaturated/α-hetero) is 1. The van der Waals surface area contributed by atoms with Crippen LogP contribution in [-0.2, 0) is 0 Å². The van der Waals surface area contributed by atoms with Crippen LogP contribution in [0.25, 0.3) is 0 Å². The summed E-state index contributed by atoms with van der Waals surface area (Å²) in [4.78, 5) is 12.3. The van der Waals surface area contributed by atoms with Gasteiger partial charge in [0.05, 0.1) is 13.0 Å².